The second kappa shape index (κ2) is 7.46. The first-order valence-electron chi connectivity index (χ1n) is 7.18. The van der Waals surface area contributed by atoms with E-state index in [4.69, 9.17) is 0 Å². The van der Waals surface area contributed by atoms with Crippen molar-refractivity contribution in [3.63, 3.8) is 0 Å². The molecular weight excluding hydrogens is 250 g/mol. The molecule has 0 aliphatic rings. The van der Waals surface area contributed by atoms with Crippen molar-refractivity contribution in [3.05, 3.63) is 47.3 Å². The summed E-state index contributed by atoms with van der Waals surface area (Å²) in [6, 6.07) is 15.1. The third-order valence-electron chi connectivity index (χ3n) is 3.61. The van der Waals surface area contributed by atoms with Crippen LogP contribution in [0.25, 0.3) is 10.4 Å². The zero-order valence-electron chi connectivity index (χ0n) is 11.9. The van der Waals surface area contributed by atoms with Gasteiger partial charge in [-0.1, -0.05) is 57.0 Å². The van der Waals surface area contributed by atoms with Gasteiger partial charge in [-0.2, -0.15) is 0 Å². The smallest absolute Gasteiger partial charge is 0.0346 e. The number of benzene rings is 1. The molecule has 1 heterocycles. The predicted molar refractivity (Wildman–Crippen MR) is 85.5 cm³/mol. The molecule has 0 amide bonds. The van der Waals surface area contributed by atoms with Gasteiger partial charge in [-0.05, 0) is 30.2 Å². The molecule has 0 aliphatic carbocycles. The normalized spacial score (nSPS) is 11.1. The van der Waals surface area contributed by atoms with Gasteiger partial charge in [0.15, 0.2) is 0 Å². The second-order valence-corrected chi connectivity index (χ2v) is 6.11. The van der Waals surface area contributed by atoms with Gasteiger partial charge in [-0.25, -0.2) is 0 Å². The molecule has 0 atom stereocenters. The number of hydrogen-bond donors (Lipinski definition) is 1. The molecule has 0 aliphatic heterocycles. The number of hydrogen-bond acceptors (Lipinski definition) is 2. The van der Waals surface area contributed by atoms with Crippen molar-refractivity contribution in [2.45, 2.75) is 33.2 Å². The lowest BCUT2D eigenvalue weighted by molar-refractivity contribution is 0.450. The molecule has 0 fully saturated rings. The highest BCUT2D eigenvalue weighted by Gasteiger charge is 2.05. The van der Waals surface area contributed by atoms with Gasteiger partial charge in [0.2, 0.25) is 0 Å². The largest absolute Gasteiger partial charge is 0.312 e. The average molecular weight is 273 g/mol. The Morgan fingerprint density at radius 2 is 1.74 bits per heavy atom. The maximum atomic E-state index is 3.58. The van der Waals surface area contributed by atoms with Crippen molar-refractivity contribution in [2.75, 3.05) is 6.54 Å². The monoisotopic (exact) mass is 273 g/mol. The first-order chi connectivity index (χ1) is 9.33. The molecule has 2 rings (SSSR count). The molecule has 0 bridgehead atoms. The lowest BCUT2D eigenvalue weighted by Gasteiger charge is -2.12. The molecule has 102 valence electrons. The third kappa shape index (κ3) is 4.19. The third-order valence-corrected chi connectivity index (χ3v) is 4.74. The average Bonchev–Trinajstić information content (AvgIpc) is 2.93. The lowest BCUT2D eigenvalue weighted by atomic mass is 10.0. The van der Waals surface area contributed by atoms with Gasteiger partial charge in [0.25, 0.3) is 0 Å². The van der Waals surface area contributed by atoms with E-state index in [1.54, 1.807) is 0 Å². The summed E-state index contributed by atoms with van der Waals surface area (Å²) in [5.74, 6) is 0.813. The van der Waals surface area contributed by atoms with Crippen molar-refractivity contribution >= 4 is 11.3 Å². The topological polar surface area (TPSA) is 12.0 Å². The van der Waals surface area contributed by atoms with E-state index in [9.17, 15) is 0 Å². The van der Waals surface area contributed by atoms with Crippen LogP contribution in [-0.2, 0) is 6.54 Å². The maximum absolute atomic E-state index is 3.58. The maximum Gasteiger partial charge on any atom is 0.0346 e. The van der Waals surface area contributed by atoms with Crippen LogP contribution in [0.1, 0.15) is 31.6 Å². The van der Waals surface area contributed by atoms with Crippen molar-refractivity contribution in [1.29, 1.82) is 0 Å². The van der Waals surface area contributed by atoms with Gasteiger partial charge in [-0.3, -0.25) is 0 Å². The van der Waals surface area contributed by atoms with E-state index in [0.717, 1.165) is 19.0 Å². The summed E-state index contributed by atoms with van der Waals surface area (Å²) in [5.41, 5.74) is 1.32. The molecule has 1 N–H and O–H groups in total. The molecule has 0 saturated carbocycles. The summed E-state index contributed by atoms with van der Waals surface area (Å²) in [6.45, 7) is 6.67. The summed E-state index contributed by atoms with van der Waals surface area (Å²) in [4.78, 5) is 2.78. The highest BCUT2D eigenvalue weighted by Crippen LogP contribution is 2.27. The Morgan fingerprint density at radius 3 is 2.42 bits per heavy atom. The molecule has 0 radical (unpaired) electrons. The van der Waals surface area contributed by atoms with Gasteiger partial charge in [0, 0.05) is 16.3 Å². The van der Waals surface area contributed by atoms with Crippen LogP contribution in [0.3, 0.4) is 0 Å². The first-order valence-corrected chi connectivity index (χ1v) is 8.00. The molecule has 1 aromatic carbocycles. The predicted octanol–water partition coefficient (Wildman–Crippen LogP) is 4.94. The Kier molecular flexibility index (Phi) is 5.62. The van der Waals surface area contributed by atoms with Crippen LogP contribution in [0, 0.1) is 5.92 Å². The van der Waals surface area contributed by atoms with Gasteiger partial charge >= 0.3 is 0 Å². The SMILES string of the molecule is CCC(CC)CNCc1ccc(-c2ccccc2)s1. The Morgan fingerprint density at radius 1 is 1.00 bits per heavy atom. The fraction of sp³-hybridized carbons (Fsp3) is 0.412. The molecule has 19 heavy (non-hydrogen) atoms. The van der Waals surface area contributed by atoms with Gasteiger partial charge in [0.1, 0.15) is 0 Å². The van der Waals surface area contributed by atoms with E-state index in [2.05, 4.69) is 61.6 Å². The van der Waals surface area contributed by atoms with Crippen LogP contribution in [0.15, 0.2) is 42.5 Å². The summed E-state index contributed by atoms with van der Waals surface area (Å²) < 4.78 is 0. The van der Waals surface area contributed by atoms with Crippen molar-refractivity contribution in [2.24, 2.45) is 5.92 Å². The molecule has 1 nitrogen and oxygen atoms in total. The van der Waals surface area contributed by atoms with Gasteiger partial charge in [0.05, 0.1) is 0 Å². The number of rotatable bonds is 7. The first kappa shape index (κ1) is 14.3. The highest BCUT2D eigenvalue weighted by molar-refractivity contribution is 7.15. The van der Waals surface area contributed by atoms with E-state index >= 15 is 0 Å². The van der Waals surface area contributed by atoms with Crippen LogP contribution in [0.5, 0.6) is 0 Å². The number of thiophene rings is 1. The van der Waals surface area contributed by atoms with Gasteiger partial charge in [-0.15, -0.1) is 11.3 Å². The Balaban J connectivity index is 1.88. The molecule has 2 heteroatoms. The van der Waals surface area contributed by atoms with E-state index < -0.39 is 0 Å². The van der Waals surface area contributed by atoms with Crippen LogP contribution < -0.4 is 5.32 Å². The molecule has 0 unspecified atom stereocenters. The standard InChI is InChI=1S/C17H23NS/c1-3-14(4-2)12-18-13-16-10-11-17(19-16)15-8-6-5-7-9-15/h5-11,14,18H,3-4,12-13H2,1-2H3. The van der Waals surface area contributed by atoms with Crippen molar-refractivity contribution in [3.8, 4) is 10.4 Å². The Labute approximate surface area is 120 Å². The molecular formula is C17H23NS. The van der Waals surface area contributed by atoms with E-state index in [-0.39, 0.29) is 0 Å². The second-order valence-electron chi connectivity index (χ2n) is 4.95. The fourth-order valence-corrected chi connectivity index (χ4v) is 3.19. The Bertz CT molecular complexity index is 471. The van der Waals surface area contributed by atoms with Gasteiger partial charge < -0.3 is 5.32 Å². The van der Waals surface area contributed by atoms with E-state index in [1.165, 1.54) is 28.2 Å². The van der Waals surface area contributed by atoms with Crippen LogP contribution in [-0.4, -0.2) is 6.54 Å². The lowest BCUT2D eigenvalue weighted by Crippen LogP contribution is -2.21. The molecule has 2 aromatic rings. The van der Waals surface area contributed by atoms with E-state index in [1.807, 2.05) is 11.3 Å². The minimum absolute atomic E-state index is 0.813. The summed E-state index contributed by atoms with van der Waals surface area (Å²) in [6.07, 6.45) is 2.53. The minimum atomic E-state index is 0.813. The minimum Gasteiger partial charge on any atom is -0.312 e. The van der Waals surface area contributed by atoms with Crippen molar-refractivity contribution in [1.82, 2.24) is 5.32 Å². The number of nitrogens with one attached hydrogen (secondary N) is 1. The highest BCUT2D eigenvalue weighted by atomic mass is 32.1. The zero-order chi connectivity index (χ0) is 13.5. The van der Waals surface area contributed by atoms with Crippen LogP contribution in [0.2, 0.25) is 0 Å². The van der Waals surface area contributed by atoms with Crippen molar-refractivity contribution < 1.29 is 0 Å². The fourth-order valence-electron chi connectivity index (χ4n) is 2.21. The van der Waals surface area contributed by atoms with Crippen LogP contribution in [0.4, 0.5) is 0 Å². The van der Waals surface area contributed by atoms with E-state index in [0.29, 0.717) is 0 Å². The Hall–Kier alpha value is -1.12. The quantitative estimate of drug-likeness (QED) is 0.753. The zero-order valence-corrected chi connectivity index (χ0v) is 12.7. The summed E-state index contributed by atoms with van der Waals surface area (Å²) in [7, 11) is 0. The molecule has 0 spiro atoms. The summed E-state index contributed by atoms with van der Waals surface area (Å²) >= 11 is 1.89. The molecule has 0 saturated heterocycles. The molecule has 1 aromatic heterocycles. The summed E-state index contributed by atoms with van der Waals surface area (Å²) in [5, 5.41) is 3.58. The van der Waals surface area contributed by atoms with Crippen LogP contribution >= 0.6 is 11.3 Å².